The van der Waals surface area contributed by atoms with E-state index in [1.807, 2.05) is 36.0 Å². The van der Waals surface area contributed by atoms with Gasteiger partial charge in [-0.3, -0.25) is 4.68 Å². The topological polar surface area (TPSA) is 59.3 Å². The molecule has 1 atom stereocenters. The van der Waals surface area contributed by atoms with Crippen LogP contribution in [0.2, 0.25) is 0 Å². The molecule has 2 heterocycles. The van der Waals surface area contributed by atoms with E-state index in [0.717, 1.165) is 27.2 Å². The molecule has 25 heavy (non-hydrogen) atoms. The summed E-state index contributed by atoms with van der Waals surface area (Å²) in [5, 5.41) is 20.2. The number of aromatic nitrogens is 2. The first kappa shape index (κ1) is 17.9. The van der Waals surface area contributed by atoms with Crippen LogP contribution in [0.1, 0.15) is 20.8 Å². The van der Waals surface area contributed by atoms with Crippen LogP contribution >= 0.6 is 11.3 Å². The van der Waals surface area contributed by atoms with Crippen molar-refractivity contribution in [3.63, 3.8) is 0 Å². The third kappa shape index (κ3) is 4.21. The lowest BCUT2D eigenvalue weighted by Crippen LogP contribution is -2.42. The van der Waals surface area contributed by atoms with Crippen molar-refractivity contribution >= 4 is 21.6 Å². The van der Waals surface area contributed by atoms with Gasteiger partial charge in [-0.25, -0.2) is 0 Å². The summed E-state index contributed by atoms with van der Waals surface area (Å²) in [5.41, 5.74) is 2.96. The van der Waals surface area contributed by atoms with E-state index in [9.17, 15) is 5.11 Å². The standard InChI is InChI=1S/C19H25N3O2S/c1-19(2,3)20-11-13(23)12-24-16-8-6-5-7-14(16)17-18-15(9-10-25-18)22(4)21-17/h5-10,13,20,23H,11-12H2,1-4H3. The zero-order chi connectivity index (χ0) is 18.0. The third-order valence-corrected chi connectivity index (χ3v) is 4.81. The maximum atomic E-state index is 10.2. The van der Waals surface area contributed by atoms with Crippen molar-refractivity contribution in [2.75, 3.05) is 13.2 Å². The Kier molecular flexibility index (Phi) is 5.13. The van der Waals surface area contributed by atoms with Crippen LogP contribution in [0.5, 0.6) is 5.75 Å². The second-order valence-electron chi connectivity index (χ2n) is 7.20. The Morgan fingerprint density at radius 1 is 1.28 bits per heavy atom. The number of aryl methyl sites for hydroxylation is 1. The number of hydrogen-bond acceptors (Lipinski definition) is 5. The van der Waals surface area contributed by atoms with Gasteiger partial charge in [0.1, 0.15) is 24.2 Å². The zero-order valence-electron chi connectivity index (χ0n) is 15.1. The molecule has 1 unspecified atom stereocenters. The molecule has 0 fully saturated rings. The van der Waals surface area contributed by atoms with Crippen molar-refractivity contribution in [1.29, 1.82) is 0 Å². The molecule has 3 aromatic rings. The first-order chi connectivity index (χ1) is 11.8. The smallest absolute Gasteiger partial charge is 0.128 e. The quantitative estimate of drug-likeness (QED) is 0.708. The van der Waals surface area contributed by atoms with E-state index < -0.39 is 6.10 Å². The van der Waals surface area contributed by atoms with Crippen LogP contribution in [0.4, 0.5) is 0 Å². The number of fused-ring (bicyclic) bond motifs is 1. The molecule has 0 saturated carbocycles. The number of nitrogens with zero attached hydrogens (tertiary/aromatic N) is 2. The predicted octanol–water partition coefficient (Wildman–Crippen LogP) is 3.43. The van der Waals surface area contributed by atoms with Gasteiger partial charge in [0.15, 0.2) is 0 Å². The highest BCUT2D eigenvalue weighted by molar-refractivity contribution is 7.17. The number of aliphatic hydroxyl groups is 1. The molecule has 5 nitrogen and oxygen atoms in total. The van der Waals surface area contributed by atoms with Gasteiger partial charge in [-0.1, -0.05) is 12.1 Å². The van der Waals surface area contributed by atoms with Gasteiger partial charge in [-0.2, -0.15) is 5.10 Å². The van der Waals surface area contributed by atoms with Crippen LogP contribution in [-0.2, 0) is 7.05 Å². The summed E-state index contributed by atoms with van der Waals surface area (Å²) in [6.07, 6.45) is -0.572. The van der Waals surface area contributed by atoms with Crippen LogP contribution in [0.15, 0.2) is 35.7 Å². The normalized spacial score (nSPS) is 13.3. The number of thiophene rings is 1. The van der Waals surface area contributed by atoms with Crippen LogP contribution in [0.25, 0.3) is 21.5 Å². The first-order valence-corrected chi connectivity index (χ1v) is 9.28. The number of hydrogen-bond donors (Lipinski definition) is 2. The Balaban J connectivity index is 1.77. The molecule has 0 saturated heterocycles. The minimum Gasteiger partial charge on any atom is -0.490 e. The van der Waals surface area contributed by atoms with Crippen molar-refractivity contribution in [1.82, 2.24) is 15.1 Å². The van der Waals surface area contributed by atoms with E-state index in [1.165, 1.54) is 0 Å². The second-order valence-corrected chi connectivity index (χ2v) is 8.12. The zero-order valence-corrected chi connectivity index (χ0v) is 15.9. The lowest BCUT2D eigenvalue weighted by Gasteiger charge is -2.23. The highest BCUT2D eigenvalue weighted by atomic mass is 32.1. The van der Waals surface area contributed by atoms with Gasteiger partial charge in [0.2, 0.25) is 0 Å². The molecule has 0 spiro atoms. The lowest BCUT2D eigenvalue weighted by molar-refractivity contribution is 0.100. The molecule has 2 N–H and O–H groups in total. The Hall–Kier alpha value is -1.89. The van der Waals surface area contributed by atoms with Gasteiger partial charge in [0.25, 0.3) is 0 Å². The van der Waals surface area contributed by atoms with Crippen LogP contribution < -0.4 is 10.1 Å². The molecule has 0 amide bonds. The average molecular weight is 359 g/mol. The molecule has 3 rings (SSSR count). The van der Waals surface area contributed by atoms with Gasteiger partial charge in [-0.15, -0.1) is 11.3 Å². The average Bonchev–Trinajstić information content (AvgIpc) is 3.15. The van der Waals surface area contributed by atoms with Crippen molar-refractivity contribution in [3.05, 3.63) is 35.7 Å². The number of β-amino-alcohol motifs (C(OH)–C–C–N with tert-alkyl or cyclic N) is 1. The van der Waals surface area contributed by atoms with Crippen LogP contribution in [0, 0.1) is 0 Å². The number of nitrogens with one attached hydrogen (secondary N) is 1. The van der Waals surface area contributed by atoms with Crippen LogP contribution in [0.3, 0.4) is 0 Å². The predicted molar refractivity (Wildman–Crippen MR) is 103 cm³/mol. The Morgan fingerprint density at radius 3 is 2.80 bits per heavy atom. The summed E-state index contributed by atoms with van der Waals surface area (Å²) < 4.78 is 8.95. The van der Waals surface area contributed by atoms with Gasteiger partial charge in [0, 0.05) is 24.7 Å². The van der Waals surface area contributed by atoms with E-state index in [4.69, 9.17) is 4.74 Å². The molecule has 1 aromatic carbocycles. The van der Waals surface area contributed by atoms with Crippen molar-refractivity contribution in [2.24, 2.45) is 7.05 Å². The molecule has 134 valence electrons. The monoisotopic (exact) mass is 359 g/mol. The number of benzene rings is 1. The molecular formula is C19H25N3O2S. The summed E-state index contributed by atoms with van der Waals surface area (Å²) in [7, 11) is 1.95. The molecule has 0 aliphatic rings. The molecular weight excluding hydrogens is 334 g/mol. The van der Waals surface area contributed by atoms with Gasteiger partial charge in [0.05, 0.1) is 10.2 Å². The SMILES string of the molecule is Cn1nc(-c2ccccc2OCC(O)CNC(C)(C)C)c2sccc21. The number of ether oxygens (including phenoxy) is 1. The van der Waals surface area contributed by atoms with E-state index in [0.29, 0.717) is 6.54 Å². The number of para-hydroxylation sites is 1. The number of aliphatic hydroxyl groups excluding tert-OH is 1. The van der Waals surface area contributed by atoms with Crippen LogP contribution in [-0.4, -0.2) is 39.7 Å². The largest absolute Gasteiger partial charge is 0.490 e. The summed E-state index contributed by atoms with van der Waals surface area (Å²) in [6.45, 7) is 6.95. The first-order valence-electron chi connectivity index (χ1n) is 8.40. The van der Waals surface area contributed by atoms with Crippen molar-refractivity contribution in [3.8, 4) is 17.0 Å². The van der Waals surface area contributed by atoms with E-state index in [2.05, 4.69) is 42.6 Å². The van der Waals surface area contributed by atoms with Gasteiger partial charge >= 0.3 is 0 Å². The second kappa shape index (κ2) is 7.15. The molecule has 0 aliphatic heterocycles. The minimum absolute atomic E-state index is 0.0301. The molecule has 0 bridgehead atoms. The third-order valence-electron chi connectivity index (χ3n) is 3.90. The summed E-state index contributed by atoms with van der Waals surface area (Å²) in [4.78, 5) is 0. The fourth-order valence-corrected chi connectivity index (χ4v) is 3.53. The summed E-state index contributed by atoms with van der Waals surface area (Å²) in [6, 6.07) is 9.92. The fourth-order valence-electron chi connectivity index (χ4n) is 2.62. The molecule has 2 aromatic heterocycles. The number of rotatable bonds is 6. The van der Waals surface area contributed by atoms with Gasteiger partial charge in [-0.05, 0) is 44.4 Å². The highest BCUT2D eigenvalue weighted by Gasteiger charge is 2.17. The maximum absolute atomic E-state index is 10.2. The van der Waals surface area contributed by atoms with Gasteiger partial charge < -0.3 is 15.2 Å². The molecule has 6 heteroatoms. The summed E-state index contributed by atoms with van der Waals surface area (Å²) in [5.74, 6) is 0.741. The Morgan fingerprint density at radius 2 is 2.04 bits per heavy atom. The maximum Gasteiger partial charge on any atom is 0.128 e. The van der Waals surface area contributed by atoms with E-state index >= 15 is 0 Å². The lowest BCUT2D eigenvalue weighted by atomic mass is 10.1. The Labute approximate surface area is 152 Å². The highest BCUT2D eigenvalue weighted by Crippen LogP contribution is 2.36. The Bertz CT molecular complexity index is 848. The fraction of sp³-hybridized carbons (Fsp3) is 0.421. The van der Waals surface area contributed by atoms with Crippen molar-refractivity contribution < 1.29 is 9.84 Å². The van der Waals surface area contributed by atoms with E-state index in [-0.39, 0.29) is 12.1 Å². The van der Waals surface area contributed by atoms with Crippen molar-refractivity contribution in [2.45, 2.75) is 32.4 Å². The minimum atomic E-state index is -0.572. The molecule has 0 radical (unpaired) electrons. The summed E-state index contributed by atoms with van der Waals surface area (Å²) >= 11 is 1.68. The van der Waals surface area contributed by atoms with E-state index in [1.54, 1.807) is 11.3 Å². The molecule has 0 aliphatic carbocycles.